The van der Waals surface area contributed by atoms with E-state index in [4.69, 9.17) is 4.52 Å². The minimum atomic E-state index is -1.50. The Kier molecular flexibility index (Phi) is 5.69. The van der Waals surface area contributed by atoms with Crippen LogP contribution in [0.25, 0.3) is 0 Å². The summed E-state index contributed by atoms with van der Waals surface area (Å²) < 4.78 is 4.96. The highest BCUT2D eigenvalue weighted by Crippen LogP contribution is 2.30. The second-order valence-corrected chi connectivity index (χ2v) is 5.46. The Labute approximate surface area is 120 Å². The molecule has 0 saturated heterocycles. The van der Waals surface area contributed by atoms with E-state index in [-0.39, 0.29) is 0 Å². The lowest BCUT2D eigenvalue weighted by Crippen LogP contribution is -2.15. The average Bonchev–Trinajstić information content (AvgIpc) is 2.49. The summed E-state index contributed by atoms with van der Waals surface area (Å²) in [5.41, 5.74) is 1.77. The Morgan fingerprint density at radius 1 is 1.10 bits per heavy atom. The van der Waals surface area contributed by atoms with Crippen LogP contribution < -0.4 is 5.32 Å². The van der Waals surface area contributed by atoms with E-state index in [1.807, 2.05) is 60.7 Å². The Hall–Kier alpha value is -1.74. The molecule has 0 amide bonds. The summed E-state index contributed by atoms with van der Waals surface area (Å²) >= 11 is 0. The molecule has 0 fully saturated rings. The van der Waals surface area contributed by atoms with Gasteiger partial charge in [-0.15, -0.1) is 0 Å². The van der Waals surface area contributed by atoms with Crippen LogP contribution in [0.15, 0.2) is 65.7 Å². The molecule has 0 heterocycles. The molecule has 0 aliphatic rings. The van der Waals surface area contributed by atoms with Crippen molar-refractivity contribution in [3.05, 3.63) is 60.7 Å². The van der Waals surface area contributed by atoms with Gasteiger partial charge in [-0.3, -0.25) is 0 Å². The van der Waals surface area contributed by atoms with Gasteiger partial charge in [0, 0.05) is 12.8 Å². The van der Waals surface area contributed by atoms with Crippen LogP contribution >= 0.6 is 8.38 Å². The number of nitrogens with one attached hydrogen (secondary N) is 1. The maximum absolute atomic E-state index is 9.71. The van der Waals surface area contributed by atoms with Crippen LogP contribution in [-0.2, 0) is 4.52 Å². The van der Waals surface area contributed by atoms with E-state index in [0.29, 0.717) is 12.0 Å². The van der Waals surface area contributed by atoms with E-state index in [1.54, 1.807) is 0 Å². The van der Waals surface area contributed by atoms with Crippen molar-refractivity contribution in [3.8, 4) is 0 Å². The number of para-hydroxylation sites is 2. The summed E-state index contributed by atoms with van der Waals surface area (Å²) in [7, 11) is -0.00899. The quantitative estimate of drug-likeness (QED) is 0.500. The summed E-state index contributed by atoms with van der Waals surface area (Å²) in [6.45, 7) is 0. The fourth-order valence-electron chi connectivity index (χ4n) is 1.64. The zero-order valence-electron chi connectivity index (χ0n) is 11.2. The molecule has 104 valence electrons. The first-order valence-electron chi connectivity index (χ1n) is 6.23. The standard InChI is InChI=1S/C15H17N2O2P/c1-19-20(18)12-15(16-13-8-4-2-5-9-13)17-14-10-6-3-7-11-14/h2-11,18H,12H2,1H3,(H,16,17). The molecule has 2 rings (SSSR count). The van der Waals surface area contributed by atoms with E-state index in [1.165, 1.54) is 7.11 Å². The van der Waals surface area contributed by atoms with Gasteiger partial charge in [-0.25, -0.2) is 4.99 Å². The fraction of sp³-hybridized carbons (Fsp3) is 0.133. The molecule has 0 bridgehead atoms. The third-order valence-electron chi connectivity index (χ3n) is 2.58. The largest absolute Gasteiger partial charge is 0.350 e. The first kappa shape index (κ1) is 14.7. The van der Waals surface area contributed by atoms with E-state index >= 15 is 0 Å². The number of rotatable bonds is 5. The number of aliphatic imine (C=N–C) groups is 1. The highest BCUT2D eigenvalue weighted by atomic mass is 31.2. The van der Waals surface area contributed by atoms with Gasteiger partial charge >= 0.3 is 0 Å². The Morgan fingerprint density at radius 3 is 2.30 bits per heavy atom. The molecule has 0 saturated carbocycles. The van der Waals surface area contributed by atoms with Crippen molar-refractivity contribution < 1.29 is 9.42 Å². The summed E-state index contributed by atoms with van der Waals surface area (Å²) in [4.78, 5) is 14.2. The third-order valence-corrected chi connectivity index (χ3v) is 3.57. The van der Waals surface area contributed by atoms with Crippen molar-refractivity contribution in [2.24, 2.45) is 4.99 Å². The zero-order valence-corrected chi connectivity index (χ0v) is 12.1. The normalized spacial score (nSPS) is 13.0. The van der Waals surface area contributed by atoms with Gasteiger partial charge in [0.2, 0.25) is 0 Å². The molecule has 1 unspecified atom stereocenters. The van der Waals surface area contributed by atoms with E-state index in [0.717, 1.165) is 11.4 Å². The molecule has 0 spiro atoms. The van der Waals surface area contributed by atoms with Crippen LogP contribution in [0.3, 0.4) is 0 Å². The van der Waals surface area contributed by atoms with Crippen molar-refractivity contribution in [1.29, 1.82) is 0 Å². The van der Waals surface area contributed by atoms with Gasteiger partial charge in [0.1, 0.15) is 5.84 Å². The van der Waals surface area contributed by atoms with E-state index < -0.39 is 8.38 Å². The smallest absolute Gasteiger partial charge is 0.175 e. The summed E-state index contributed by atoms with van der Waals surface area (Å²) in [6, 6.07) is 19.4. The number of anilines is 1. The van der Waals surface area contributed by atoms with Crippen LogP contribution in [0.4, 0.5) is 11.4 Å². The second kappa shape index (κ2) is 7.75. The minimum absolute atomic E-state index is 0.357. The van der Waals surface area contributed by atoms with Gasteiger partial charge in [0.25, 0.3) is 0 Å². The molecule has 2 N–H and O–H groups in total. The number of hydrogen-bond acceptors (Lipinski definition) is 3. The first-order valence-corrected chi connectivity index (χ1v) is 7.63. The van der Waals surface area contributed by atoms with Crippen LogP contribution in [0.1, 0.15) is 0 Å². The van der Waals surface area contributed by atoms with Crippen LogP contribution in [0.5, 0.6) is 0 Å². The highest BCUT2D eigenvalue weighted by Gasteiger charge is 2.09. The topological polar surface area (TPSA) is 53.9 Å². The van der Waals surface area contributed by atoms with Crippen molar-refractivity contribution in [2.75, 3.05) is 18.6 Å². The fourth-order valence-corrected chi connectivity index (χ4v) is 2.18. The predicted octanol–water partition coefficient (Wildman–Crippen LogP) is 3.78. The van der Waals surface area contributed by atoms with Gasteiger partial charge in [-0.1, -0.05) is 36.4 Å². The van der Waals surface area contributed by atoms with Crippen molar-refractivity contribution in [2.45, 2.75) is 0 Å². The van der Waals surface area contributed by atoms with Gasteiger partial charge in [0.15, 0.2) is 8.38 Å². The Bertz CT molecular complexity index is 546. The van der Waals surface area contributed by atoms with Crippen LogP contribution in [0, 0.1) is 0 Å². The molecule has 0 aliphatic carbocycles. The molecular weight excluding hydrogens is 271 g/mol. The molecule has 20 heavy (non-hydrogen) atoms. The number of nitrogens with zero attached hydrogens (tertiary/aromatic N) is 1. The van der Waals surface area contributed by atoms with Gasteiger partial charge in [-0.05, 0) is 24.3 Å². The maximum Gasteiger partial charge on any atom is 0.175 e. The molecular formula is C15H17N2O2P. The lowest BCUT2D eigenvalue weighted by molar-refractivity contribution is 0.394. The molecule has 5 heteroatoms. The summed E-state index contributed by atoms with van der Waals surface area (Å²) in [5, 5.41) is 3.22. The predicted molar refractivity (Wildman–Crippen MR) is 84.6 cm³/mol. The molecule has 1 atom stereocenters. The SMILES string of the molecule is COP(O)CC(=Nc1ccccc1)Nc1ccccc1. The summed E-state index contributed by atoms with van der Waals surface area (Å²) in [6.07, 6.45) is 0.357. The van der Waals surface area contributed by atoms with E-state index in [2.05, 4.69) is 10.3 Å². The molecule has 0 radical (unpaired) electrons. The molecule has 4 nitrogen and oxygen atoms in total. The lowest BCUT2D eigenvalue weighted by atomic mass is 10.3. The molecule has 0 aromatic heterocycles. The molecule has 0 aliphatic heterocycles. The lowest BCUT2D eigenvalue weighted by Gasteiger charge is -2.12. The molecule has 2 aromatic carbocycles. The van der Waals surface area contributed by atoms with Gasteiger partial charge < -0.3 is 14.7 Å². The zero-order chi connectivity index (χ0) is 14.2. The highest BCUT2D eigenvalue weighted by molar-refractivity contribution is 7.47. The summed E-state index contributed by atoms with van der Waals surface area (Å²) in [5.74, 6) is 0.679. The number of hydrogen-bond donors (Lipinski definition) is 2. The second-order valence-electron chi connectivity index (χ2n) is 4.08. The van der Waals surface area contributed by atoms with Crippen LogP contribution in [-0.4, -0.2) is 24.0 Å². The maximum atomic E-state index is 9.71. The number of amidine groups is 1. The monoisotopic (exact) mass is 288 g/mol. The number of benzene rings is 2. The first-order chi connectivity index (χ1) is 9.78. The average molecular weight is 288 g/mol. The Morgan fingerprint density at radius 2 is 1.70 bits per heavy atom. The van der Waals surface area contributed by atoms with Crippen LogP contribution in [0.2, 0.25) is 0 Å². The van der Waals surface area contributed by atoms with E-state index in [9.17, 15) is 4.89 Å². The molecule has 2 aromatic rings. The van der Waals surface area contributed by atoms with Gasteiger partial charge in [0.05, 0.1) is 11.8 Å². The Balaban J connectivity index is 2.18. The minimum Gasteiger partial charge on any atom is -0.350 e. The van der Waals surface area contributed by atoms with Crippen molar-refractivity contribution in [1.82, 2.24) is 0 Å². The van der Waals surface area contributed by atoms with Crippen molar-refractivity contribution in [3.63, 3.8) is 0 Å². The third kappa shape index (κ3) is 4.74. The van der Waals surface area contributed by atoms with Crippen molar-refractivity contribution >= 4 is 25.6 Å². The van der Waals surface area contributed by atoms with Gasteiger partial charge in [-0.2, -0.15) is 0 Å².